The van der Waals surface area contributed by atoms with Crippen LogP contribution in [0.15, 0.2) is 0 Å². The lowest BCUT2D eigenvalue weighted by Crippen LogP contribution is -2.43. The monoisotopic (exact) mass is 228 g/mol. The van der Waals surface area contributed by atoms with E-state index in [9.17, 15) is 9.59 Å². The number of amides is 2. The molecule has 92 valence electrons. The van der Waals surface area contributed by atoms with E-state index in [1.807, 2.05) is 0 Å². The van der Waals surface area contributed by atoms with Crippen molar-refractivity contribution in [2.75, 3.05) is 26.7 Å². The molecule has 0 spiro atoms. The zero-order valence-electron chi connectivity index (χ0n) is 9.99. The van der Waals surface area contributed by atoms with E-state index in [0.29, 0.717) is 12.5 Å². The number of urea groups is 1. The summed E-state index contributed by atoms with van der Waals surface area (Å²) in [5.74, 6) is 0.242. The highest BCUT2D eigenvalue weighted by atomic mass is 16.5. The van der Waals surface area contributed by atoms with Crippen LogP contribution in [-0.2, 0) is 9.53 Å². The summed E-state index contributed by atoms with van der Waals surface area (Å²) in [4.78, 5) is 24.2. The van der Waals surface area contributed by atoms with Gasteiger partial charge in [-0.15, -0.1) is 0 Å². The number of nitrogens with one attached hydrogen (secondary N) is 1. The predicted octanol–water partition coefficient (Wildman–Crippen LogP) is 0.991. The lowest BCUT2D eigenvalue weighted by molar-refractivity contribution is -0.141. The van der Waals surface area contributed by atoms with Crippen LogP contribution in [-0.4, -0.2) is 43.6 Å². The first-order valence-corrected chi connectivity index (χ1v) is 5.78. The number of rotatable bonds is 5. The average molecular weight is 228 g/mol. The zero-order chi connectivity index (χ0) is 12.0. The summed E-state index contributed by atoms with van der Waals surface area (Å²) in [6, 6.07) is -0.208. The van der Waals surface area contributed by atoms with Gasteiger partial charge in [0.2, 0.25) is 0 Å². The van der Waals surface area contributed by atoms with Crippen molar-refractivity contribution in [1.29, 1.82) is 0 Å². The topological polar surface area (TPSA) is 58.6 Å². The van der Waals surface area contributed by atoms with Crippen LogP contribution in [0.2, 0.25) is 0 Å². The number of nitrogens with zero attached hydrogens (tertiary/aromatic N) is 1. The minimum Gasteiger partial charge on any atom is -0.465 e. The standard InChI is InChI=1S/C11H20N2O3/c1-3-16-10(14)7-12-11(15)13(2)8-9-5-4-6-9/h9H,3-8H2,1-2H3,(H,12,15). The van der Waals surface area contributed by atoms with Crippen molar-refractivity contribution >= 4 is 12.0 Å². The molecule has 1 N–H and O–H groups in total. The summed E-state index contributed by atoms with van der Waals surface area (Å²) in [6.07, 6.45) is 3.67. The Morgan fingerprint density at radius 1 is 1.44 bits per heavy atom. The van der Waals surface area contributed by atoms with Crippen LogP contribution < -0.4 is 5.32 Å². The van der Waals surface area contributed by atoms with Crippen molar-refractivity contribution in [2.24, 2.45) is 5.92 Å². The highest BCUT2D eigenvalue weighted by Crippen LogP contribution is 2.26. The predicted molar refractivity (Wildman–Crippen MR) is 60.0 cm³/mol. The first kappa shape index (κ1) is 12.8. The number of hydrogen-bond acceptors (Lipinski definition) is 3. The number of carbonyl (C=O) groups excluding carboxylic acids is 2. The quantitative estimate of drug-likeness (QED) is 0.714. The second kappa shape index (κ2) is 6.35. The molecule has 1 saturated carbocycles. The van der Waals surface area contributed by atoms with Gasteiger partial charge in [-0.25, -0.2) is 4.79 Å². The van der Waals surface area contributed by atoms with Gasteiger partial charge in [-0.1, -0.05) is 6.42 Å². The Morgan fingerprint density at radius 3 is 2.62 bits per heavy atom. The Labute approximate surface area is 96.1 Å². The fraction of sp³-hybridized carbons (Fsp3) is 0.818. The molecule has 5 nitrogen and oxygen atoms in total. The molecule has 0 aliphatic heterocycles. The molecule has 1 rings (SSSR count). The van der Waals surface area contributed by atoms with Crippen LogP contribution in [0.1, 0.15) is 26.2 Å². The van der Waals surface area contributed by atoms with Crippen LogP contribution in [0.5, 0.6) is 0 Å². The second-order valence-electron chi connectivity index (χ2n) is 4.14. The Morgan fingerprint density at radius 2 is 2.12 bits per heavy atom. The summed E-state index contributed by atoms with van der Waals surface area (Å²) in [6.45, 7) is 2.80. The maximum absolute atomic E-state index is 11.5. The van der Waals surface area contributed by atoms with E-state index >= 15 is 0 Å². The lowest BCUT2D eigenvalue weighted by atomic mass is 9.85. The maximum Gasteiger partial charge on any atom is 0.325 e. The number of hydrogen-bond donors (Lipinski definition) is 1. The fourth-order valence-electron chi connectivity index (χ4n) is 1.64. The van der Waals surface area contributed by atoms with Crippen molar-refractivity contribution in [3.63, 3.8) is 0 Å². The summed E-state index contributed by atoms with van der Waals surface area (Å²) in [5, 5.41) is 2.53. The SMILES string of the molecule is CCOC(=O)CNC(=O)N(C)CC1CCC1. The maximum atomic E-state index is 11.5. The van der Waals surface area contributed by atoms with E-state index in [0.717, 1.165) is 6.54 Å². The highest BCUT2D eigenvalue weighted by Gasteiger charge is 2.21. The van der Waals surface area contributed by atoms with E-state index in [1.54, 1.807) is 18.9 Å². The number of carbonyl (C=O) groups is 2. The van der Waals surface area contributed by atoms with Crippen molar-refractivity contribution in [1.82, 2.24) is 10.2 Å². The largest absolute Gasteiger partial charge is 0.465 e. The lowest BCUT2D eigenvalue weighted by Gasteiger charge is -2.30. The molecular weight excluding hydrogens is 208 g/mol. The number of ether oxygens (including phenoxy) is 1. The summed E-state index contributed by atoms with van der Waals surface area (Å²) in [7, 11) is 1.75. The molecule has 16 heavy (non-hydrogen) atoms. The molecule has 0 saturated heterocycles. The van der Waals surface area contributed by atoms with Gasteiger partial charge in [0, 0.05) is 13.6 Å². The normalized spacial score (nSPS) is 15.1. The van der Waals surface area contributed by atoms with Gasteiger partial charge in [-0.3, -0.25) is 4.79 Å². The molecule has 1 aliphatic carbocycles. The van der Waals surface area contributed by atoms with E-state index in [-0.39, 0.29) is 12.6 Å². The molecule has 0 unspecified atom stereocenters. The minimum atomic E-state index is -0.395. The van der Waals surface area contributed by atoms with Crippen LogP contribution in [0.3, 0.4) is 0 Å². The molecule has 0 bridgehead atoms. The van der Waals surface area contributed by atoms with Crippen molar-refractivity contribution in [3.05, 3.63) is 0 Å². The molecule has 0 aromatic rings. The molecule has 2 amide bonds. The summed E-state index contributed by atoms with van der Waals surface area (Å²) in [5.41, 5.74) is 0. The van der Waals surface area contributed by atoms with Gasteiger partial charge in [0.25, 0.3) is 0 Å². The van der Waals surface area contributed by atoms with E-state index in [1.165, 1.54) is 19.3 Å². The zero-order valence-corrected chi connectivity index (χ0v) is 9.99. The third-order valence-corrected chi connectivity index (χ3v) is 2.79. The van der Waals surface area contributed by atoms with E-state index in [2.05, 4.69) is 5.32 Å². The van der Waals surface area contributed by atoms with E-state index < -0.39 is 5.97 Å². The molecule has 1 fully saturated rings. The van der Waals surface area contributed by atoms with Crippen LogP contribution in [0.25, 0.3) is 0 Å². The molecule has 0 aromatic heterocycles. The second-order valence-corrected chi connectivity index (χ2v) is 4.14. The third kappa shape index (κ3) is 4.08. The summed E-state index contributed by atoms with van der Waals surface area (Å²) < 4.78 is 4.71. The molecule has 0 atom stereocenters. The van der Waals surface area contributed by atoms with Crippen LogP contribution >= 0.6 is 0 Å². The summed E-state index contributed by atoms with van der Waals surface area (Å²) >= 11 is 0. The first-order valence-electron chi connectivity index (χ1n) is 5.78. The smallest absolute Gasteiger partial charge is 0.325 e. The third-order valence-electron chi connectivity index (χ3n) is 2.79. The van der Waals surface area contributed by atoms with Crippen molar-refractivity contribution in [2.45, 2.75) is 26.2 Å². The van der Waals surface area contributed by atoms with Gasteiger partial charge >= 0.3 is 12.0 Å². The molecule has 0 aromatic carbocycles. The molecule has 5 heteroatoms. The number of esters is 1. The van der Waals surface area contributed by atoms with Crippen molar-refractivity contribution in [3.8, 4) is 0 Å². The fourth-order valence-corrected chi connectivity index (χ4v) is 1.64. The van der Waals surface area contributed by atoms with Gasteiger partial charge in [-0.05, 0) is 25.7 Å². The molecule has 0 radical (unpaired) electrons. The van der Waals surface area contributed by atoms with E-state index in [4.69, 9.17) is 4.74 Å². The molecular formula is C11H20N2O3. The van der Waals surface area contributed by atoms with Crippen LogP contribution in [0.4, 0.5) is 4.79 Å². The highest BCUT2D eigenvalue weighted by molar-refractivity contribution is 5.80. The van der Waals surface area contributed by atoms with Gasteiger partial charge in [0.15, 0.2) is 0 Å². The van der Waals surface area contributed by atoms with Gasteiger partial charge in [0.05, 0.1) is 6.61 Å². The van der Waals surface area contributed by atoms with Gasteiger partial charge < -0.3 is 15.0 Å². The minimum absolute atomic E-state index is 0.0539. The Hall–Kier alpha value is -1.26. The Bertz CT molecular complexity index is 252. The van der Waals surface area contributed by atoms with Crippen LogP contribution in [0, 0.1) is 5.92 Å². The first-order chi connectivity index (χ1) is 7.63. The van der Waals surface area contributed by atoms with Gasteiger partial charge in [-0.2, -0.15) is 0 Å². The Kier molecular flexibility index (Phi) is 5.08. The Balaban J connectivity index is 2.15. The van der Waals surface area contributed by atoms with Gasteiger partial charge in [0.1, 0.15) is 6.54 Å². The van der Waals surface area contributed by atoms with Crippen molar-refractivity contribution < 1.29 is 14.3 Å². The molecule has 1 aliphatic rings. The average Bonchev–Trinajstić information content (AvgIpc) is 2.20. The molecule has 0 heterocycles.